The number of ether oxygens (including phenoxy) is 2. The minimum Gasteiger partial charge on any atom is -0.456 e. The number of carbonyl (C=O) groups excluding carboxylic acids is 1. The van der Waals surface area contributed by atoms with Crippen molar-refractivity contribution in [3.05, 3.63) is 112 Å². The monoisotopic (exact) mass is 560 g/mol. The number of benzene rings is 4. The number of hydrogen-bond donors (Lipinski definition) is 1. The van der Waals surface area contributed by atoms with Crippen LogP contribution < -0.4 is 15.0 Å². The molecule has 0 aliphatic carbocycles. The Morgan fingerprint density at radius 2 is 1.62 bits per heavy atom. The van der Waals surface area contributed by atoms with Crippen LogP contribution in [0.15, 0.2) is 78.9 Å². The molecule has 0 bridgehead atoms. The molecule has 0 amide bonds. The molecule has 1 spiro atoms. The molecule has 5 nitrogen and oxygen atoms in total. The van der Waals surface area contributed by atoms with Crippen molar-refractivity contribution < 1.29 is 14.3 Å². The van der Waals surface area contributed by atoms with Gasteiger partial charge in [0.2, 0.25) is 0 Å². The number of anilines is 3. The van der Waals surface area contributed by atoms with Gasteiger partial charge in [-0.3, -0.25) is 0 Å². The summed E-state index contributed by atoms with van der Waals surface area (Å²) in [7, 11) is 0. The van der Waals surface area contributed by atoms with Crippen molar-refractivity contribution in [2.45, 2.75) is 54.1 Å². The normalized spacial score (nSPS) is 16.9. The van der Waals surface area contributed by atoms with Crippen molar-refractivity contribution in [3.8, 4) is 11.5 Å². The molecule has 0 saturated carbocycles. The van der Waals surface area contributed by atoms with E-state index in [9.17, 15) is 4.79 Å². The van der Waals surface area contributed by atoms with E-state index in [0.717, 1.165) is 52.4 Å². The minimum absolute atomic E-state index is 0.122. The lowest BCUT2D eigenvalue weighted by Gasteiger charge is -2.38. The van der Waals surface area contributed by atoms with Crippen LogP contribution in [0.4, 0.5) is 17.1 Å². The lowest BCUT2D eigenvalue weighted by molar-refractivity contribution is 0.0224. The van der Waals surface area contributed by atoms with Gasteiger partial charge in [-0.1, -0.05) is 65.0 Å². The average Bonchev–Trinajstić information content (AvgIpc) is 3.21. The third-order valence-electron chi connectivity index (χ3n) is 7.96. The predicted molar refractivity (Wildman–Crippen MR) is 170 cm³/mol. The van der Waals surface area contributed by atoms with E-state index in [1.54, 1.807) is 0 Å². The van der Waals surface area contributed by atoms with Crippen LogP contribution in [0.5, 0.6) is 11.5 Å². The van der Waals surface area contributed by atoms with Gasteiger partial charge in [-0.15, -0.1) is 0 Å². The van der Waals surface area contributed by atoms with Crippen LogP contribution in [-0.4, -0.2) is 19.1 Å². The lowest BCUT2D eigenvalue weighted by atomic mass is 9.77. The molecule has 216 valence electrons. The Bertz CT molecular complexity index is 1680. The molecular weight excluding hydrogens is 520 g/mol. The highest BCUT2D eigenvalue weighted by atomic mass is 16.6. The number of aryl methyl sites for hydroxylation is 2. The smallest absolute Gasteiger partial charge is 0.340 e. The molecule has 1 atom stereocenters. The second-order valence-electron chi connectivity index (χ2n) is 13.4. The minimum atomic E-state index is -1.11. The fourth-order valence-electron chi connectivity index (χ4n) is 6.29. The summed E-state index contributed by atoms with van der Waals surface area (Å²) in [6.45, 7) is 17.3. The van der Waals surface area contributed by atoms with Gasteiger partial charge >= 0.3 is 5.97 Å². The molecule has 1 N–H and O–H groups in total. The van der Waals surface area contributed by atoms with Gasteiger partial charge in [0.05, 0.1) is 5.56 Å². The molecule has 0 saturated heterocycles. The van der Waals surface area contributed by atoms with Crippen molar-refractivity contribution in [1.82, 2.24) is 0 Å². The summed E-state index contributed by atoms with van der Waals surface area (Å²) in [6, 6.07) is 26.5. The van der Waals surface area contributed by atoms with E-state index in [0.29, 0.717) is 23.0 Å². The second kappa shape index (κ2) is 10.2. The first-order chi connectivity index (χ1) is 19.9. The molecule has 4 aromatic carbocycles. The predicted octanol–water partition coefficient (Wildman–Crippen LogP) is 9.12. The lowest BCUT2D eigenvalue weighted by Crippen LogP contribution is -2.36. The van der Waals surface area contributed by atoms with Crippen LogP contribution in [-0.2, 0) is 10.3 Å². The zero-order chi connectivity index (χ0) is 29.8. The third-order valence-corrected chi connectivity index (χ3v) is 7.96. The summed E-state index contributed by atoms with van der Waals surface area (Å²) in [6.07, 6.45) is 0. The first kappa shape index (κ1) is 27.9. The van der Waals surface area contributed by atoms with E-state index >= 15 is 0 Å². The molecule has 5 heteroatoms. The van der Waals surface area contributed by atoms with Crippen molar-refractivity contribution in [1.29, 1.82) is 0 Å². The van der Waals surface area contributed by atoms with Gasteiger partial charge in [-0.2, -0.15) is 0 Å². The molecule has 6 rings (SSSR count). The summed E-state index contributed by atoms with van der Waals surface area (Å²) in [5.41, 5.74) is 7.35. The summed E-state index contributed by atoms with van der Waals surface area (Å²) in [4.78, 5) is 15.8. The number of nitrogens with zero attached hydrogens (tertiary/aromatic N) is 1. The van der Waals surface area contributed by atoms with Crippen LogP contribution >= 0.6 is 0 Å². The number of hydrogen-bond acceptors (Lipinski definition) is 5. The molecule has 0 aromatic heterocycles. The Morgan fingerprint density at radius 3 is 2.36 bits per heavy atom. The van der Waals surface area contributed by atoms with Gasteiger partial charge in [0.15, 0.2) is 5.60 Å². The van der Waals surface area contributed by atoms with Crippen LogP contribution in [0.2, 0.25) is 0 Å². The number of rotatable bonds is 6. The standard InChI is InChI=1S/C37H40N2O3/c1-23(2)21-39(22-36(5,6)7)27-15-16-30-34(19-27)41-33-18-25(4)32(38-26-12-10-11-24(3)17-26)20-31(33)37(30)29-14-9-8-13-28(29)35(40)42-37/h8-20,23,38H,21-22H2,1-7H3. The van der Waals surface area contributed by atoms with Crippen LogP contribution in [0.3, 0.4) is 0 Å². The number of nitrogens with one attached hydrogen (secondary N) is 1. The third kappa shape index (κ3) is 4.91. The van der Waals surface area contributed by atoms with Crippen LogP contribution in [0.1, 0.15) is 72.8 Å². The van der Waals surface area contributed by atoms with E-state index in [2.05, 4.69) is 107 Å². The van der Waals surface area contributed by atoms with E-state index < -0.39 is 5.60 Å². The van der Waals surface area contributed by atoms with Gasteiger partial charge in [-0.25, -0.2) is 4.79 Å². The van der Waals surface area contributed by atoms with Crippen molar-refractivity contribution in [2.24, 2.45) is 11.3 Å². The van der Waals surface area contributed by atoms with E-state index in [1.807, 2.05) is 30.3 Å². The van der Waals surface area contributed by atoms with Gasteiger partial charge in [0, 0.05) is 52.9 Å². The maximum atomic E-state index is 13.4. The SMILES string of the molecule is Cc1cccc(Nc2cc3c(cc2C)Oc2cc(N(CC(C)C)CC(C)(C)C)ccc2C32OC(=O)c3ccccc32)c1. The zero-order valence-corrected chi connectivity index (χ0v) is 25.7. The first-order valence-electron chi connectivity index (χ1n) is 14.8. The number of carbonyl (C=O) groups is 1. The highest BCUT2D eigenvalue weighted by molar-refractivity contribution is 5.97. The summed E-state index contributed by atoms with van der Waals surface area (Å²) in [5, 5.41) is 3.59. The Hall–Kier alpha value is -4.25. The van der Waals surface area contributed by atoms with Gasteiger partial charge < -0.3 is 19.7 Å². The molecule has 2 heterocycles. The molecule has 1 unspecified atom stereocenters. The Labute approximate surface area is 249 Å². The molecule has 2 aliphatic heterocycles. The van der Waals surface area contributed by atoms with Crippen LogP contribution in [0, 0.1) is 25.2 Å². The largest absolute Gasteiger partial charge is 0.456 e. The topological polar surface area (TPSA) is 50.8 Å². The van der Waals surface area contributed by atoms with Crippen molar-refractivity contribution in [2.75, 3.05) is 23.3 Å². The fraction of sp³-hybridized carbons (Fsp3) is 0.324. The molecule has 42 heavy (non-hydrogen) atoms. The number of fused-ring (bicyclic) bond motifs is 6. The highest BCUT2D eigenvalue weighted by Crippen LogP contribution is 2.57. The molecule has 2 aliphatic rings. The van der Waals surface area contributed by atoms with Crippen molar-refractivity contribution in [3.63, 3.8) is 0 Å². The van der Waals surface area contributed by atoms with E-state index in [4.69, 9.17) is 9.47 Å². The van der Waals surface area contributed by atoms with Gasteiger partial charge in [0.25, 0.3) is 0 Å². The average molecular weight is 561 g/mol. The van der Waals surface area contributed by atoms with Crippen LogP contribution in [0.25, 0.3) is 0 Å². The fourth-order valence-corrected chi connectivity index (χ4v) is 6.29. The second-order valence-corrected chi connectivity index (χ2v) is 13.4. The maximum Gasteiger partial charge on any atom is 0.340 e. The molecule has 0 radical (unpaired) electrons. The number of esters is 1. The first-order valence-corrected chi connectivity index (χ1v) is 14.8. The van der Waals surface area contributed by atoms with E-state index in [-0.39, 0.29) is 11.4 Å². The highest BCUT2D eigenvalue weighted by Gasteiger charge is 2.53. The quantitative estimate of drug-likeness (QED) is 0.238. The van der Waals surface area contributed by atoms with Gasteiger partial charge in [0.1, 0.15) is 11.5 Å². The summed E-state index contributed by atoms with van der Waals surface area (Å²) in [5.74, 6) is 1.59. The maximum absolute atomic E-state index is 13.4. The molecule has 4 aromatic rings. The Morgan fingerprint density at radius 1 is 0.857 bits per heavy atom. The van der Waals surface area contributed by atoms with E-state index in [1.165, 1.54) is 5.56 Å². The molecule has 0 fully saturated rings. The Balaban J connectivity index is 1.53. The van der Waals surface area contributed by atoms with Crippen molar-refractivity contribution >= 4 is 23.0 Å². The summed E-state index contributed by atoms with van der Waals surface area (Å²) >= 11 is 0. The molecular formula is C37H40N2O3. The summed E-state index contributed by atoms with van der Waals surface area (Å²) < 4.78 is 13.2. The van der Waals surface area contributed by atoms with Gasteiger partial charge in [-0.05, 0) is 78.8 Å². The zero-order valence-electron chi connectivity index (χ0n) is 25.7. The Kier molecular flexibility index (Phi) is 6.80.